The van der Waals surface area contributed by atoms with Gasteiger partial charge in [-0.05, 0) is 43.7 Å². The average molecular weight is 262 g/mol. The fraction of sp³-hybridized carbons (Fsp3) is 0.214. The molecule has 4 heteroatoms. The minimum atomic E-state index is 0.570. The highest BCUT2D eigenvalue weighted by molar-refractivity contribution is 6.33. The van der Waals surface area contributed by atoms with Crippen LogP contribution in [0.25, 0.3) is 0 Å². The van der Waals surface area contributed by atoms with Gasteiger partial charge in [-0.3, -0.25) is 4.98 Å². The summed E-state index contributed by atoms with van der Waals surface area (Å²) in [5.41, 5.74) is 10.4. The normalized spacial score (nSPS) is 10.4. The van der Waals surface area contributed by atoms with E-state index < -0.39 is 0 Å². The van der Waals surface area contributed by atoms with Gasteiger partial charge in [-0.1, -0.05) is 17.7 Å². The van der Waals surface area contributed by atoms with Crippen LogP contribution < -0.4 is 11.1 Å². The fourth-order valence-corrected chi connectivity index (χ4v) is 1.94. The van der Waals surface area contributed by atoms with E-state index >= 15 is 0 Å². The summed E-state index contributed by atoms with van der Waals surface area (Å²) in [6.07, 6.45) is 0. The van der Waals surface area contributed by atoms with Crippen LogP contribution in [-0.2, 0) is 6.54 Å². The van der Waals surface area contributed by atoms with Gasteiger partial charge in [0.25, 0.3) is 0 Å². The Labute approximate surface area is 112 Å². The monoisotopic (exact) mass is 261 g/mol. The molecule has 0 unspecified atom stereocenters. The maximum absolute atomic E-state index is 6.01. The maximum atomic E-state index is 6.01. The first-order chi connectivity index (χ1) is 8.56. The molecule has 2 rings (SSSR count). The Balaban J connectivity index is 2.13. The number of hydrogen-bond acceptors (Lipinski definition) is 3. The summed E-state index contributed by atoms with van der Waals surface area (Å²) in [6, 6.07) is 9.70. The number of aryl methyl sites for hydroxylation is 2. The third kappa shape index (κ3) is 2.93. The summed E-state index contributed by atoms with van der Waals surface area (Å²) in [6.45, 7) is 4.65. The first-order valence-electron chi connectivity index (χ1n) is 5.78. The van der Waals surface area contributed by atoms with E-state index in [-0.39, 0.29) is 0 Å². The smallest absolute Gasteiger partial charge is 0.0656 e. The van der Waals surface area contributed by atoms with Crippen LogP contribution in [0.4, 0.5) is 11.4 Å². The number of halogens is 1. The van der Waals surface area contributed by atoms with Crippen LogP contribution in [0.2, 0.25) is 5.02 Å². The Bertz CT molecular complexity index is 567. The fourth-order valence-electron chi connectivity index (χ4n) is 1.78. The molecule has 3 N–H and O–H groups in total. The summed E-state index contributed by atoms with van der Waals surface area (Å²) >= 11 is 6.01. The van der Waals surface area contributed by atoms with Gasteiger partial charge in [0.05, 0.1) is 22.9 Å². The van der Waals surface area contributed by atoms with Crippen molar-refractivity contribution in [1.29, 1.82) is 0 Å². The van der Waals surface area contributed by atoms with E-state index in [1.807, 2.05) is 44.2 Å². The SMILES string of the molecule is Cc1cccc(CNc2cc(Cl)c(N)cc2C)n1. The number of nitrogens with one attached hydrogen (secondary N) is 1. The van der Waals surface area contributed by atoms with Crippen molar-refractivity contribution >= 4 is 23.0 Å². The lowest BCUT2D eigenvalue weighted by molar-refractivity contribution is 1.01. The van der Waals surface area contributed by atoms with Crippen molar-refractivity contribution in [1.82, 2.24) is 4.98 Å². The Hall–Kier alpha value is -1.74. The van der Waals surface area contributed by atoms with E-state index in [2.05, 4.69) is 10.3 Å². The van der Waals surface area contributed by atoms with Crippen molar-refractivity contribution in [2.24, 2.45) is 0 Å². The first-order valence-corrected chi connectivity index (χ1v) is 6.16. The number of nitrogen functional groups attached to an aromatic ring is 1. The average Bonchev–Trinajstić information content (AvgIpc) is 2.32. The summed E-state index contributed by atoms with van der Waals surface area (Å²) in [5, 5.41) is 3.89. The van der Waals surface area contributed by atoms with Gasteiger partial charge in [0.15, 0.2) is 0 Å². The molecule has 0 saturated heterocycles. The number of anilines is 2. The molecule has 0 aliphatic carbocycles. The first kappa shape index (κ1) is 12.7. The largest absolute Gasteiger partial charge is 0.398 e. The maximum Gasteiger partial charge on any atom is 0.0656 e. The highest BCUT2D eigenvalue weighted by Gasteiger charge is 2.03. The predicted octanol–water partition coefficient (Wildman–Crippen LogP) is 3.55. The van der Waals surface area contributed by atoms with Gasteiger partial charge in [-0.2, -0.15) is 0 Å². The second kappa shape index (κ2) is 5.27. The van der Waals surface area contributed by atoms with E-state index in [0.717, 1.165) is 22.6 Å². The Morgan fingerprint density at radius 2 is 2.06 bits per heavy atom. The van der Waals surface area contributed by atoms with Crippen LogP contribution in [0.1, 0.15) is 17.0 Å². The van der Waals surface area contributed by atoms with Crippen LogP contribution in [-0.4, -0.2) is 4.98 Å². The van der Waals surface area contributed by atoms with Crippen molar-refractivity contribution in [2.45, 2.75) is 20.4 Å². The lowest BCUT2D eigenvalue weighted by Crippen LogP contribution is -2.04. The topological polar surface area (TPSA) is 50.9 Å². The summed E-state index contributed by atoms with van der Waals surface area (Å²) < 4.78 is 0. The molecule has 3 nitrogen and oxygen atoms in total. The molecule has 1 aromatic heterocycles. The highest BCUT2D eigenvalue weighted by Crippen LogP contribution is 2.26. The molecule has 94 valence electrons. The van der Waals surface area contributed by atoms with Gasteiger partial charge >= 0.3 is 0 Å². The Kier molecular flexibility index (Phi) is 3.72. The molecule has 18 heavy (non-hydrogen) atoms. The van der Waals surface area contributed by atoms with Crippen molar-refractivity contribution in [3.63, 3.8) is 0 Å². The van der Waals surface area contributed by atoms with Crippen LogP contribution in [0.5, 0.6) is 0 Å². The number of pyridine rings is 1. The molecule has 0 bridgehead atoms. The molecule has 0 spiro atoms. The summed E-state index contributed by atoms with van der Waals surface area (Å²) in [4.78, 5) is 4.44. The second-order valence-corrected chi connectivity index (χ2v) is 4.72. The van der Waals surface area contributed by atoms with Crippen molar-refractivity contribution in [2.75, 3.05) is 11.1 Å². The van der Waals surface area contributed by atoms with Gasteiger partial charge in [0.2, 0.25) is 0 Å². The third-order valence-corrected chi connectivity index (χ3v) is 3.08. The van der Waals surface area contributed by atoms with Crippen molar-refractivity contribution in [3.05, 3.63) is 52.3 Å². The lowest BCUT2D eigenvalue weighted by Gasteiger charge is -2.11. The number of aromatic nitrogens is 1. The van der Waals surface area contributed by atoms with E-state index in [0.29, 0.717) is 17.3 Å². The third-order valence-electron chi connectivity index (χ3n) is 2.75. The van der Waals surface area contributed by atoms with E-state index in [1.54, 1.807) is 0 Å². The van der Waals surface area contributed by atoms with Crippen LogP contribution in [0, 0.1) is 13.8 Å². The predicted molar refractivity (Wildman–Crippen MR) is 76.9 cm³/mol. The van der Waals surface area contributed by atoms with Gasteiger partial charge in [-0.15, -0.1) is 0 Å². The van der Waals surface area contributed by atoms with E-state index in [9.17, 15) is 0 Å². The van der Waals surface area contributed by atoms with Gasteiger partial charge in [-0.25, -0.2) is 0 Å². The standard InChI is InChI=1S/C14H16ClN3/c1-9-6-13(16)12(15)7-14(9)17-8-11-5-3-4-10(2)18-11/h3-7,17H,8,16H2,1-2H3. The van der Waals surface area contributed by atoms with E-state index in [1.165, 1.54) is 0 Å². The molecule has 0 saturated carbocycles. The zero-order valence-electron chi connectivity index (χ0n) is 10.5. The zero-order chi connectivity index (χ0) is 13.1. The Morgan fingerprint density at radius 1 is 1.28 bits per heavy atom. The molecule has 0 aliphatic rings. The molecular weight excluding hydrogens is 246 g/mol. The lowest BCUT2D eigenvalue weighted by atomic mass is 10.1. The molecule has 2 aromatic rings. The molecule has 0 amide bonds. The number of nitrogens with zero attached hydrogens (tertiary/aromatic N) is 1. The van der Waals surface area contributed by atoms with Gasteiger partial charge < -0.3 is 11.1 Å². The van der Waals surface area contributed by atoms with Gasteiger partial charge in [0, 0.05) is 11.4 Å². The molecule has 0 aliphatic heterocycles. The van der Waals surface area contributed by atoms with Crippen LogP contribution >= 0.6 is 11.6 Å². The van der Waals surface area contributed by atoms with Crippen LogP contribution in [0.15, 0.2) is 30.3 Å². The van der Waals surface area contributed by atoms with Crippen molar-refractivity contribution in [3.8, 4) is 0 Å². The number of hydrogen-bond donors (Lipinski definition) is 2. The van der Waals surface area contributed by atoms with Crippen LogP contribution in [0.3, 0.4) is 0 Å². The van der Waals surface area contributed by atoms with Gasteiger partial charge in [0.1, 0.15) is 0 Å². The van der Waals surface area contributed by atoms with Crippen molar-refractivity contribution < 1.29 is 0 Å². The number of benzene rings is 1. The molecule has 0 fully saturated rings. The second-order valence-electron chi connectivity index (χ2n) is 4.31. The quantitative estimate of drug-likeness (QED) is 0.831. The highest BCUT2D eigenvalue weighted by atomic mass is 35.5. The minimum Gasteiger partial charge on any atom is -0.398 e. The molecule has 0 atom stereocenters. The molecule has 1 heterocycles. The molecule has 0 radical (unpaired) electrons. The summed E-state index contributed by atoms with van der Waals surface area (Å²) in [5.74, 6) is 0. The zero-order valence-corrected chi connectivity index (χ0v) is 11.3. The van der Waals surface area contributed by atoms with E-state index in [4.69, 9.17) is 17.3 Å². The molecule has 1 aromatic carbocycles. The summed E-state index contributed by atoms with van der Waals surface area (Å²) in [7, 11) is 0. The number of rotatable bonds is 3. The minimum absolute atomic E-state index is 0.570. The Morgan fingerprint density at radius 3 is 2.78 bits per heavy atom. The number of nitrogens with two attached hydrogens (primary N) is 1. The molecular formula is C14H16ClN3.